The van der Waals surface area contributed by atoms with Crippen molar-refractivity contribution in [3.63, 3.8) is 0 Å². The highest BCUT2D eigenvalue weighted by Crippen LogP contribution is 2.35. The lowest BCUT2D eigenvalue weighted by molar-refractivity contribution is -0.384. The fourth-order valence-corrected chi connectivity index (χ4v) is 3.46. The number of nitrogens with zero attached hydrogens (tertiary/aromatic N) is 2. The van der Waals surface area contributed by atoms with Crippen LogP contribution in [0.5, 0.6) is 5.75 Å². The normalized spacial score (nSPS) is 15.7. The van der Waals surface area contributed by atoms with Crippen LogP contribution in [-0.4, -0.2) is 22.3 Å². The van der Waals surface area contributed by atoms with Gasteiger partial charge in [-0.15, -0.1) is 0 Å². The standard InChI is InChI=1S/C23H21N3O4/c27-22(24-14-17-6-2-1-3-7-17)16-25-15-19-8-4-5-9-21(19)30-23(25)18-10-12-20(13-11-18)26(28)29/h1-13,23H,14-16H2,(H,24,27). The number of ether oxygens (including phenoxy) is 1. The lowest BCUT2D eigenvalue weighted by Crippen LogP contribution is -2.42. The first-order chi connectivity index (χ1) is 14.6. The molecule has 30 heavy (non-hydrogen) atoms. The van der Waals surface area contributed by atoms with Crippen LogP contribution in [0.3, 0.4) is 0 Å². The average Bonchev–Trinajstić information content (AvgIpc) is 2.78. The van der Waals surface area contributed by atoms with E-state index in [9.17, 15) is 14.9 Å². The van der Waals surface area contributed by atoms with E-state index in [1.165, 1.54) is 12.1 Å². The molecular weight excluding hydrogens is 382 g/mol. The van der Waals surface area contributed by atoms with Gasteiger partial charge >= 0.3 is 0 Å². The van der Waals surface area contributed by atoms with Gasteiger partial charge in [0.05, 0.1) is 11.5 Å². The molecule has 4 rings (SSSR count). The van der Waals surface area contributed by atoms with E-state index in [0.29, 0.717) is 13.1 Å². The molecule has 0 aromatic heterocycles. The average molecular weight is 403 g/mol. The van der Waals surface area contributed by atoms with E-state index in [4.69, 9.17) is 4.74 Å². The summed E-state index contributed by atoms with van der Waals surface area (Å²) in [5.74, 6) is 0.635. The third kappa shape index (κ3) is 4.47. The van der Waals surface area contributed by atoms with E-state index in [-0.39, 0.29) is 18.1 Å². The third-order valence-electron chi connectivity index (χ3n) is 4.98. The topological polar surface area (TPSA) is 84.7 Å². The van der Waals surface area contributed by atoms with Gasteiger partial charge in [0, 0.05) is 36.3 Å². The van der Waals surface area contributed by atoms with Gasteiger partial charge in [-0.2, -0.15) is 0 Å². The SMILES string of the molecule is O=C(CN1Cc2ccccc2OC1c1ccc([N+](=O)[O-])cc1)NCc1ccccc1. The molecule has 1 aliphatic rings. The van der Waals surface area contributed by atoms with Crippen molar-refractivity contribution >= 4 is 11.6 Å². The molecular formula is C23H21N3O4. The Labute approximate surface area is 174 Å². The van der Waals surface area contributed by atoms with Gasteiger partial charge in [-0.3, -0.25) is 19.8 Å². The predicted octanol–water partition coefficient (Wildman–Crippen LogP) is 3.80. The Bertz CT molecular complexity index is 1040. The van der Waals surface area contributed by atoms with E-state index in [1.54, 1.807) is 12.1 Å². The fraction of sp³-hybridized carbons (Fsp3) is 0.174. The molecule has 7 nitrogen and oxygen atoms in total. The Hall–Kier alpha value is -3.71. The number of rotatable bonds is 6. The maximum Gasteiger partial charge on any atom is 0.269 e. The Kier molecular flexibility index (Phi) is 5.72. The molecule has 0 spiro atoms. The molecule has 0 radical (unpaired) electrons. The van der Waals surface area contributed by atoms with Gasteiger partial charge in [0.2, 0.25) is 5.91 Å². The molecule has 152 valence electrons. The van der Waals surface area contributed by atoms with Crippen LogP contribution in [0.1, 0.15) is 22.9 Å². The second kappa shape index (κ2) is 8.75. The highest BCUT2D eigenvalue weighted by Gasteiger charge is 2.30. The molecule has 1 unspecified atom stereocenters. The van der Waals surface area contributed by atoms with Crippen molar-refractivity contribution in [3.8, 4) is 5.75 Å². The van der Waals surface area contributed by atoms with Crippen LogP contribution < -0.4 is 10.1 Å². The first kappa shape index (κ1) is 19.6. The van der Waals surface area contributed by atoms with Crippen molar-refractivity contribution in [3.05, 3.63) is 106 Å². The minimum absolute atomic E-state index is 0.0158. The summed E-state index contributed by atoms with van der Waals surface area (Å²) in [6.07, 6.45) is -0.511. The van der Waals surface area contributed by atoms with Gasteiger partial charge in [-0.05, 0) is 23.8 Å². The van der Waals surface area contributed by atoms with Gasteiger partial charge in [-0.25, -0.2) is 0 Å². The molecule has 7 heteroatoms. The summed E-state index contributed by atoms with van der Waals surface area (Å²) < 4.78 is 6.17. The van der Waals surface area contributed by atoms with Crippen LogP contribution in [0.2, 0.25) is 0 Å². The van der Waals surface area contributed by atoms with Crippen LogP contribution >= 0.6 is 0 Å². The summed E-state index contributed by atoms with van der Waals surface area (Å²) in [4.78, 5) is 25.1. The van der Waals surface area contributed by atoms with Crippen molar-refractivity contribution in [2.45, 2.75) is 19.3 Å². The minimum Gasteiger partial charge on any atom is -0.471 e. The van der Waals surface area contributed by atoms with E-state index in [2.05, 4.69) is 5.32 Å². The summed E-state index contributed by atoms with van der Waals surface area (Å²) in [5.41, 5.74) is 2.79. The number of para-hydroxylation sites is 1. The minimum atomic E-state index is -0.511. The van der Waals surface area contributed by atoms with Gasteiger partial charge < -0.3 is 10.1 Å². The van der Waals surface area contributed by atoms with Gasteiger partial charge in [0.1, 0.15) is 5.75 Å². The Balaban J connectivity index is 1.52. The van der Waals surface area contributed by atoms with Crippen LogP contribution in [0.15, 0.2) is 78.9 Å². The van der Waals surface area contributed by atoms with Gasteiger partial charge in [0.25, 0.3) is 5.69 Å². The Morgan fingerprint density at radius 3 is 2.47 bits per heavy atom. The number of nitro benzene ring substituents is 1. The smallest absolute Gasteiger partial charge is 0.269 e. The van der Waals surface area contributed by atoms with Crippen molar-refractivity contribution < 1.29 is 14.5 Å². The van der Waals surface area contributed by atoms with E-state index in [0.717, 1.165) is 22.4 Å². The summed E-state index contributed by atoms with van der Waals surface area (Å²) in [7, 11) is 0. The molecule has 1 atom stereocenters. The first-order valence-electron chi connectivity index (χ1n) is 9.64. The van der Waals surface area contributed by atoms with E-state index < -0.39 is 11.2 Å². The quantitative estimate of drug-likeness (QED) is 0.500. The predicted molar refractivity (Wildman–Crippen MR) is 112 cm³/mol. The number of hydrogen-bond donors (Lipinski definition) is 1. The summed E-state index contributed by atoms with van der Waals surface area (Å²) in [6, 6.07) is 23.6. The zero-order valence-corrected chi connectivity index (χ0v) is 16.2. The maximum atomic E-state index is 12.6. The number of non-ortho nitro benzene ring substituents is 1. The van der Waals surface area contributed by atoms with Gasteiger partial charge in [0.15, 0.2) is 6.23 Å². The summed E-state index contributed by atoms with van der Waals surface area (Å²) in [5, 5.41) is 13.9. The van der Waals surface area contributed by atoms with Crippen molar-refractivity contribution in [2.24, 2.45) is 0 Å². The number of carbonyl (C=O) groups is 1. The number of nitro groups is 1. The molecule has 0 saturated carbocycles. The number of amides is 1. The van der Waals surface area contributed by atoms with Crippen molar-refractivity contribution in [1.82, 2.24) is 10.2 Å². The van der Waals surface area contributed by atoms with Crippen LogP contribution in [-0.2, 0) is 17.9 Å². The zero-order valence-electron chi connectivity index (χ0n) is 16.2. The maximum absolute atomic E-state index is 12.6. The third-order valence-corrected chi connectivity index (χ3v) is 4.98. The number of nitrogens with one attached hydrogen (secondary N) is 1. The number of carbonyl (C=O) groups excluding carboxylic acids is 1. The molecule has 1 amide bonds. The molecule has 3 aromatic carbocycles. The second-order valence-corrected chi connectivity index (χ2v) is 7.09. The van der Waals surface area contributed by atoms with E-state index in [1.807, 2.05) is 59.5 Å². The lowest BCUT2D eigenvalue weighted by Gasteiger charge is -2.36. The zero-order chi connectivity index (χ0) is 20.9. The molecule has 1 aliphatic heterocycles. The summed E-state index contributed by atoms with van der Waals surface area (Å²) in [6.45, 7) is 1.13. The highest BCUT2D eigenvalue weighted by atomic mass is 16.6. The van der Waals surface area contributed by atoms with E-state index >= 15 is 0 Å². The van der Waals surface area contributed by atoms with Crippen LogP contribution in [0.4, 0.5) is 5.69 Å². The number of benzene rings is 3. The molecule has 0 bridgehead atoms. The Morgan fingerprint density at radius 1 is 1.03 bits per heavy atom. The van der Waals surface area contributed by atoms with Gasteiger partial charge in [-0.1, -0.05) is 48.5 Å². The van der Waals surface area contributed by atoms with Crippen molar-refractivity contribution in [1.29, 1.82) is 0 Å². The monoisotopic (exact) mass is 403 g/mol. The molecule has 1 N–H and O–H groups in total. The molecule has 0 saturated heterocycles. The molecule has 1 heterocycles. The second-order valence-electron chi connectivity index (χ2n) is 7.09. The molecule has 3 aromatic rings. The largest absolute Gasteiger partial charge is 0.471 e. The van der Waals surface area contributed by atoms with Crippen LogP contribution in [0, 0.1) is 10.1 Å². The molecule has 0 aliphatic carbocycles. The van der Waals surface area contributed by atoms with Crippen molar-refractivity contribution in [2.75, 3.05) is 6.54 Å². The number of hydrogen-bond acceptors (Lipinski definition) is 5. The molecule has 0 fully saturated rings. The first-order valence-corrected chi connectivity index (χ1v) is 9.64. The lowest BCUT2D eigenvalue weighted by atomic mass is 10.1. The Morgan fingerprint density at radius 2 is 1.73 bits per heavy atom. The summed E-state index contributed by atoms with van der Waals surface area (Å²) >= 11 is 0. The number of fused-ring (bicyclic) bond motifs is 1. The highest BCUT2D eigenvalue weighted by molar-refractivity contribution is 5.78. The van der Waals surface area contributed by atoms with Crippen LogP contribution in [0.25, 0.3) is 0 Å². The fourth-order valence-electron chi connectivity index (χ4n) is 3.46.